The lowest BCUT2D eigenvalue weighted by Crippen LogP contribution is -2.30. The Labute approximate surface area is 549 Å². The summed E-state index contributed by atoms with van der Waals surface area (Å²) in [5.41, 5.74) is 0. The maximum Gasteiger partial charge on any atom is 0.306 e. The minimum atomic E-state index is -1.01. The Morgan fingerprint density at radius 3 is 0.652 bits per heavy atom. The van der Waals surface area contributed by atoms with Crippen molar-refractivity contribution in [2.75, 3.05) is 26.4 Å². The van der Waals surface area contributed by atoms with Gasteiger partial charge in [0.05, 0.1) is 0 Å². The first-order valence-corrected chi connectivity index (χ1v) is 38.5. The number of allylic oxidation sites excluding steroid dienone is 4. The van der Waals surface area contributed by atoms with Crippen LogP contribution in [0, 0.1) is 0 Å². The van der Waals surface area contributed by atoms with Gasteiger partial charge in [-0.25, -0.2) is 0 Å². The highest BCUT2D eigenvalue weighted by Crippen LogP contribution is 2.18. The molecular formula is C78H144O11. The van der Waals surface area contributed by atoms with Crippen LogP contribution in [0.15, 0.2) is 24.3 Å². The lowest BCUT2D eigenvalue weighted by atomic mass is 10.0. The van der Waals surface area contributed by atoms with Crippen LogP contribution in [0.25, 0.3) is 0 Å². The fraction of sp³-hybridized carbons (Fsp3) is 0.885. The molecule has 0 rings (SSSR count). The number of carbonyl (C=O) groups is 5. The molecule has 0 amide bonds. The van der Waals surface area contributed by atoms with Gasteiger partial charge in [0.15, 0.2) is 6.10 Å². The molecule has 0 spiro atoms. The highest BCUT2D eigenvalue weighted by Gasteiger charge is 2.20. The van der Waals surface area contributed by atoms with Crippen molar-refractivity contribution in [2.24, 2.45) is 0 Å². The van der Waals surface area contributed by atoms with Crippen molar-refractivity contribution < 1.29 is 52.8 Å². The van der Waals surface area contributed by atoms with E-state index in [0.717, 1.165) is 141 Å². The Kier molecular flexibility index (Phi) is 69.6. The van der Waals surface area contributed by atoms with Crippen LogP contribution in [-0.2, 0) is 47.7 Å². The van der Waals surface area contributed by atoms with Crippen molar-refractivity contribution in [3.63, 3.8) is 0 Å². The van der Waals surface area contributed by atoms with Gasteiger partial charge in [-0.1, -0.05) is 315 Å². The van der Waals surface area contributed by atoms with E-state index < -0.39 is 12.2 Å². The third kappa shape index (κ3) is 70.5. The molecule has 0 aromatic carbocycles. The first-order chi connectivity index (χ1) is 43.7. The Morgan fingerprint density at radius 1 is 0.247 bits per heavy atom. The zero-order chi connectivity index (χ0) is 64.7. The van der Waals surface area contributed by atoms with Crippen LogP contribution < -0.4 is 0 Å². The van der Waals surface area contributed by atoms with Crippen LogP contribution in [0.5, 0.6) is 0 Å². The predicted molar refractivity (Wildman–Crippen MR) is 372 cm³/mol. The molecule has 0 aliphatic rings. The Bertz CT molecular complexity index is 1540. The van der Waals surface area contributed by atoms with Gasteiger partial charge in [-0.2, -0.15) is 0 Å². The molecule has 0 aliphatic carbocycles. The molecule has 0 radical (unpaired) electrons. The van der Waals surface area contributed by atoms with Crippen molar-refractivity contribution in [2.45, 2.75) is 418 Å². The molecule has 0 heterocycles. The summed E-state index contributed by atoms with van der Waals surface area (Å²) in [6.07, 6.45) is 74.6. The molecule has 0 aromatic heterocycles. The van der Waals surface area contributed by atoms with Crippen LogP contribution in [0.3, 0.4) is 0 Å². The molecule has 0 bridgehead atoms. The number of ether oxygens (including phenoxy) is 5. The normalized spacial score (nSPS) is 12.0. The van der Waals surface area contributed by atoms with Crippen molar-refractivity contribution in [1.29, 1.82) is 0 Å². The molecule has 11 nitrogen and oxygen atoms in total. The van der Waals surface area contributed by atoms with E-state index in [0.29, 0.717) is 25.7 Å². The summed E-state index contributed by atoms with van der Waals surface area (Å²) in [5, 5.41) is 10.2. The fourth-order valence-corrected chi connectivity index (χ4v) is 11.4. The van der Waals surface area contributed by atoms with Gasteiger partial charge in [-0.3, -0.25) is 24.0 Å². The van der Waals surface area contributed by atoms with Crippen LogP contribution >= 0.6 is 0 Å². The van der Waals surface area contributed by atoms with Crippen LogP contribution in [0.2, 0.25) is 0 Å². The molecule has 89 heavy (non-hydrogen) atoms. The van der Waals surface area contributed by atoms with Gasteiger partial charge in [0.1, 0.15) is 32.5 Å². The van der Waals surface area contributed by atoms with Crippen LogP contribution in [0.4, 0.5) is 0 Å². The lowest BCUT2D eigenvalue weighted by molar-refractivity contribution is -0.167. The number of rotatable bonds is 72. The fourth-order valence-electron chi connectivity index (χ4n) is 11.4. The molecule has 1 unspecified atom stereocenters. The quantitative estimate of drug-likeness (QED) is 0.0268. The van der Waals surface area contributed by atoms with Gasteiger partial charge in [-0.15, -0.1) is 0 Å². The zero-order valence-corrected chi connectivity index (χ0v) is 58.7. The molecule has 0 aliphatic heterocycles. The van der Waals surface area contributed by atoms with Crippen LogP contribution in [0.1, 0.15) is 406 Å². The summed E-state index contributed by atoms with van der Waals surface area (Å²) in [4.78, 5) is 62.7. The molecule has 11 heteroatoms. The Balaban J connectivity index is 4.21. The van der Waals surface area contributed by atoms with E-state index in [1.807, 2.05) is 0 Å². The molecule has 1 N–H and O–H groups in total. The average molecular weight is 1260 g/mol. The Morgan fingerprint density at radius 2 is 0.427 bits per heavy atom. The molecule has 0 fully saturated rings. The summed E-state index contributed by atoms with van der Waals surface area (Å²) >= 11 is 0. The minimum absolute atomic E-state index is 0.100. The maximum absolute atomic E-state index is 13.0. The molecule has 522 valence electrons. The number of aliphatic hydroxyl groups is 1. The van der Waals surface area contributed by atoms with Gasteiger partial charge < -0.3 is 28.8 Å². The number of hydrogen-bond donors (Lipinski definition) is 1. The first-order valence-electron chi connectivity index (χ1n) is 38.5. The molecule has 0 saturated carbocycles. The summed E-state index contributed by atoms with van der Waals surface area (Å²) < 4.78 is 27.4. The van der Waals surface area contributed by atoms with E-state index in [-0.39, 0.29) is 62.7 Å². The van der Waals surface area contributed by atoms with E-state index >= 15 is 0 Å². The second-order valence-electron chi connectivity index (χ2n) is 26.3. The summed E-state index contributed by atoms with van der Waals surface area (Å²) in [6.45, 7) is 6.28. The number of unbranched alkanes of at least 4 members (excludes halogenated alkanes) is 49. The molecule has 0 saturated heterocycles. The maximum atomic E-state index is 13.0. The minimum Gasteiger partial charge on any atom is -0.463 e. The standard InChI is InChI=1S/C78H144O11/c1-4-7-10-13-16-19-22-25-28-33-38-43-48-53-58-63-74(80)85-68-72(79)69-86-75(81)64-59-54-49-44-39-36-31-32-37-42-47-52-57-62-67-78(84)89-73(70-87-76(82)65-60-55-50-45-40-34-29-26-23-20-17-14-11-8-5-2)71-88-77(83)66-61-56-51-46-41-35-30-27-24-21-18-15-12-9-6-3/h25,28,31-32,72-73,79H,4-24,26-27,29-30,33-71H2,1-3H3/b28-25-,32-31?. The zero-order valence-electron chi connectivity index (χ0n) is 58.7. The summed E-state index contributed by atoms with van der Waals surface area (Å²) in [5.74, 6) is -1.58. The van der Waals surface area contributed by atoms with E-state index in [1.165, 1.54) is 212 Å². The molecule has 1 atom stereocenters. The van der Waals surface area contributed by atoms with Gasteiger partial charge in [-0.05, 0) is 83.5 Å². The number of hydrogen-bond acceptors (Lipinski definition) is 11. The molecular weight excluding hydrogens is 1110 g/mol. The monoisotopic (exact) mass is 1260 g/mol. The van der Waals surface area contributed by atoms with Gasteiger partial charge in [0.25, 0.3) is 0 Å². The van der Waals surface area contributed by atoms with Crippen LogP contribution in [-0.4, -0.2) is 73.6 Å². The predicted octanol–water partition coefficient (Wildman–Crippen LogP) is 23.0. The third-order valence-corrected chi connectivity index (χ3v) is 17.3. The number of carbonyl (C=O) groups excluding carboxylic acids is 5. The molecule has 0 aromatic rings. The smallest absolute Gasteiger partial charge is 0.306 e. The SMILES string of the molecule is CCCCCCCC/C=C\CCCCCCCC(=O)OCC(O)COC(=O)CCCCCCCC=CCCCCCCCC(=O)OC(COC(=O)CCCCCCCCCCCCCCCCC)COC(=O)CCCCCCCCCCCCCCCCC. The topological polar surface area (TPSA) is 152 Å². The summed E-state index contributed by atoms with van der Waals surface area (Å²) in [6, 6.07) is 0. The van der Waals surface area contributed by atoms with Crippen molar-refractivity contribution in [3.8, 4) is 0 Å². The summed E-state index contributed by atoms with van der Waals surface area (Å²) in [7, 11) is 0. The van der Waals surface area contributed by atoms with Gasteiger partial charge >= 0.3 is 29.8 Å². The second kappa shape index (κ2) is 72.2. The van der Waals surface area contributed by atoms with E-state index in [1.54, 1.807) is 0 Å². The number of esters is 5. The number of aliphatic hydroxyl groups excluding tert-OH is 1. The van der Waals surface area contributed by atoms with Crippen molar-refractivity contribution in [1.82, 2.24) is 0 Å². The van der Waals surface area contributed by atoms with E-state index in [2.05, 4.69) is 45.1 Å². The van der Waals surface area contributed by atoms with Gasteiger partial charge in [0.2, 0.25) is 0 Å². The van der Waals surface area contributed by atoms with Crippen molar-refractivity contribution >= 4 is 29.8 Å². The van der Waals surface area contributed by atoms with E-state index in [9.17, 15) is 29.1 Å². The average Bonchev–Trinajstić information content (AvgIpc) is 3.60. The second-order valence-corrected chi connectivity index (χ2v) is 26.3. The third-order valence-electron chi connectivity index (χ3n) is 17.3. The van der Waals surface area contributed by atoms with Crippen molar-refractivity contribution in [3.05, 3.63) is 24.3 Å². The van der Waals surface area contributed by atoms with Gasteiger partial charge in [0, 0.05) is 32.1 Å². The first kappa shape index (κ1) is 85.8. The highest BCUT2D eigenvalue weighted by atomic mass is 16.6. The highest BCUT2D eigenvalue weighted by molar-refractivity contribution is 5.71. The largest absolute Gasteiger partial charge is 0.463 e. The Hall–Kier alpha value is -3.21. The lowest BCUT2D eigenvalue weighted by Gasteiger charge is -2.18. The van der Waals surface area contributed by atoms with E-state index in [4.69, 9.17) is 23.7 Å².